The summed E-state index contributed by atoms with van der Waals surface area (Å²) in [7, 11) is 0. The largest absolute Gasteiger partial charge is 0.243 e. The highest BCUT2D eigenvalue weighted by atomic mass is 19.1. The Balaban J connectivity index is 3.49. The zero-order valence-corrected chi connectivity index (χ0v) is 12.3. The van der Waals surface area contributed by atoms with Gasteiger partial charge < -0.3 is 0 Å². The second-order valence-electron chi connectivity index (χ2n) is 5.60. The predicted molar refractivity (Wildman–Crippen MR) is 78.0 cm³/mol. The van der Waals surface area contributed by atoms with Gasteiger partial charge >= 0.3 is 0 Å². The standard InChI is InChI=1S/C17H25F/c1-7-8-15-16(11(2)3)9-14(13(6)18)10-17(15)12(4)5/h7,9-13H,1,8H2,2-6H3. The van der Waals surface area contributed by atoms with Crippen LogP contribution in [0.25, 0.3) is 0 Å². The lowest BCUT2D eigenvalue weighted by atomic mass is 9.84. The van der Waals surface area contributed by atoms with Gasteiger partial charge in [0.25, 0.3) is 0 Å². The summed E-state index contributed by atoms with van der Waals surface area (Å²) in [6, 6.07) is 4.06. The molecule has 1 aromatic rings. The first-order valence-electron chi connectivity index (χ1n) is 6.80. The third-order valence-corrected chi connectivity index (χ3v) is 3.39. The molecule has 0 aliphatic heterocycles. The van der Waals surface area contributed by atoms with Gasteiger partial charge in [-0.1, -0.05) is 45.9 Å². The van der Waals surface area contributed by atoms with Crippen LogP contribution in [0.5, 0.6) is 0 Å². The number of alkyl halides is 1. The van der Waals surface area contributed by atoms with Gasteiger partial charge in [0, 0.05) is 0 Å². The molecule has 100 valence electrons. The van der Waals surface area contributed by atoms with E-state index in [0.717, 1.165) is 12.0 Å². The van der Waals surface area contributed by atoms with E-state index in [-0.39, 0.29) is 0 Å². The molecular weight excluding hydrogens is 223 g/mol. The van der Waals surface area contributed by atoms with Crippen LogP contribution in [0.1, 0.15) is 74.9 Å². The maximum Gasteiger partial charge on any atom is 0.122 e. The molecule has 18 heavy (non-hydrogen) atoms. The SMILES string of the molecule is C=CCc1c(C(C)C)cc(C(C)F)cc1C(C)C. The molecule has 0 aliphatic carbocycles. The average Bonchev–Trinajstić information content (AvgIpc) is 2.28. The molecular formula is C17H25F. The average molecular weight is 248 g/mol. The van der Waals surface area contributed by atoms with Crippen LogP contribution in [0.15, 0.2) is 24.8 Å². The van der Waals surface area contributed by atoms with E-state index in [1.165, 1.54) is 16.7 Å². The highest BCUT2D eigenvalue weighted by molar-refractivity contribution is 5.44. The van der Waals surface area contributed by atoms with Crippen molar-refractivity contribution in [2.24, 2.45) is 0 Å². The Morgan fingerprint density at radius 3 is 1.78 bits per heavy atom. The monoisotopic (exact) mass is 248 g/mol. The minimum atomic E-state index is -0.905. The van der Waals surface area contributed by atoms with Crippen LogP contribution >= 0.6 is 0 Å². The van der Waals surface area contributed by atoms with E-state index in [9.17, 15) is 4.39 Å². The van der Waals surface area contributed by atoms with Crippen LogP contribution in [-0.2, 0) is 6.42 Å². The molecule has 1 atom stereocenters. The summed E-state index contributed by atoms with van der Waals surface area (Å²) >= 11 is 0. The predicted octanol–water partition coefficient (Wildman–Crippen LogP) is 5.69. The first kappa shape index (κ1) is 14.9. The molecule has 1 heteroatoms. The van der Waals surface area contributed by atoms with Crippen LogP contribution in [0.3, 0.4) is 0 Å². The smallest absolute Gasteiger partial charge is 0.122 e. The summed E-state index contributed by atoms with van der Waals surface area (Å²) in [4.78, 5) is 0. The highest BCUT2D eigenvalue weighted by Crippen LogP contribution is 2.32. The third kappa shape index (κ3) is 3.22. The molecule has 0 N–H and O–H groups in total. The van der Waals surface area contributed by atoms with Crippen LogP contribution < -0.4 is 0 Å². The molecule has 1 rings (SSSR count). The van der Waals surface area contributed by atoms with E-state index >= 15 is 0 Å². The molecule has 0 aliphatic rings. The Morgan fingerprint density at radius 2 is 1.50 bits per heavy atom. The Labute approximate surface area is 111 Å². The number of hydrogen-bond donors (Lipinski definition) is 0. The van der Waals surface area contributed by atoms with Gasteiger partial charge in [0.1, 0.15) is 6.17 Å². The molecule has 1 aromatic carbocycles. The quantitative estimate of drug-likeness (QED) is 0.587. The zero-order valence-electron chi connectivity index (χ0n) is 12.3. The Hall–Kier alpha value is -1.11. The van der Waals surface area contributed by atoms with E-state index in [1.54, 1.807) is 6.92 Å². The zero-order chi connectivity index (χ0) is 13.9. The van der Waals surface area contributed by atoms with Gasteiger partial charge in [-0.2, -0.15) is 0 Å². The molecule has 0 nitrogen and oxygen atoms in total. The second-order valence-corrected chi connectivity index (χ2v) is 5.60. The molecule has 0 bridgehead atoms. The molecule has 0 heterocycles. The summed E-state index contributed by atoms with van der Waals surface area (Å²) < 4.78 is 13.6. The molecule has 0 spiro atoms. The third-order valence-electron chi connectivity index (χ3n) is 3.39. The Bertz CT molecular complexity index is 385. The van der Waals surface area contributed by atoms with E-state index in [4.69, 9.17) is 0 Å². The lowest BCUT2D eigenvalue weighted by molar-refractivity contribution is 0.373. The number of rotatable bonds is 5. The fraction of sp³-hybridized carbons (Fsp3) is 0.529. The van der Waals surface area contributed by atoms with Gasteiger partial charge in [0.15, 0.2) is 0 Å². The van der Waals surface area contributed by atoms with Gasteiger partial charge in [-0.15, -0.1) is 6.58 Å². The molecule has 0 amide bonds. The lowest BCUT2D eigenvalue weighted by Gasteiger charge is -2.21. The van der Waals surface area contributed by atoms with Crippen molar-refractivity contribution in [2.75, 3.05) is 0 Å². The normalized spacial score (nSPS) is 13.1. The molecule has 1 unspecified atom stereocenters. The van der Waals surface area contributed by atoms with E-state index in [0.29, 0.717) is 11.8 Å². The summed E-state index contributed by atoms with van der Waals surface area (Å²) in [6.45, 7) is 14.1. The van der Waals surface area contributed by atoms with Gasteiger partial charge in [0.05, 0.1) is 0 Å². The van der Waals surface area contributed by atoms with Crippen LogP contribution in [0.4, 0.5) is 4.39 Å². The molecule has 0 saturated heterocycles. The van der Waals surface area contributed by atoms with Crippen LogP contribution in [-0.4, -0.2) is 0 Å². The first-order valence-corrected chi connectivity index (χ1v) is 6.80. The number of benzene rings is 1. The molecule has 0 fully saturated rings. The summed E-state index contributed by atoms with van der Waals surface area (Å²) in [5.74, 6) is 0.826. The highest BCUT2D eigenvalue weighted by Gasteiger charge is 2.16. The van der Waals surface area contributed by atoms with Crippen molar-refractivity contribution in [3.05, 3.63) is 47.0 Å². The van der Waals surface area contributed by atoms with Gasteiger partial charge in [0.2, 0.25) is 0 Å². The van der Waals surface area contributed by atoms with Crippen LogP contribution in [0, 0.1) is 0 Å². The summed E-state index contributed by atoms with van der Waals surface area (Å²) in [6.07, 6.45) is 1.89. The van der Waals surface area contributed by atoms with Crippen molar-refractivity contribution in [3.8, 4) is 0 Å². The summed E-state index contributed by atoms with van der Waals surface area (Å²) in [5, 5.41) is 0. The number of allylic oxidation sites excluding steroid dienone is 1. The minimum Gasteiger partial charge on any atom is -0.243 e. The lowest BCUT2D eigenvalue weighted by Crippen LogP contribution is -2.05. The topological polar surface area (TPSA) is 0 Å². The van der Waals surface area contributed by atoms with Gasteiger partial charge in [-0.3, -0.25) is 0 Å². The summed E-state index contributed by atoms with van der Waals surface area (Å²) in [5.41, 5.74) is 4.66. The van der Waals surface area contributed by atoms with Crippen molar-refractivity contribution < 1.29 is 4.39 Å². The number of halogens is 1. The van der Waals surface area contributed by atoms with Crippen molar-refractivity contribution in [2.45, 2.75) is 59.0 Å². The maximum atomic E-state index is 13.6. The second kappa shape index (κ2) is 6.17. The Morgan fingerprint density at radius 1 is 1.06 bits per heavy atom. The van der Waals surface area contributed by atoms with Crippen molar-refractivity contribution in [1.29, 1.82) is 0 Å². The Kier molecular flexibility index (Phi) is 5.13. The van der Waals surface area contributed by atoms with Gasteiger partial charge in [-0.05, 0) is 47.4 Å². The van der Waals surface area contributed by atoms with Crippen molar-refractivity contribution >= 4 is 0 Å². The molecule has 0 radical (unpaired) electrons. The molecule has 0 aromatic heterocycles. The minimum absolute atomic E-state index is 0.413. The number of hydrogen-bond acceptors (Lipinski definition) is 0. The fourth-order valence-corrected chi connectivity index (χ4v) is 2.38. The fourth-order valence-electron chi connectivity index (χ4n) is 2.38. The van der Waals surface area contributed by atoms with E-state index in [2.05, 4.69) is 34.3 Å². The van der Waals surface area contributed by atoms with E-state index < -0.39 is 6.17 Å². The van der Waals surface area contributed by atoms with Crippen molar-refractivity contribution in [3.63, 3.8) is 0 Å². The van der Waals surface area contributed by atoms with Crippen LogP contribution in [0.2, 0.25) is 0 Å². The van der Waals surface area contributed by atoms with E-state index in [1.807, 2.05) is 18.2 Å². The first-order chi connectivity index (χ1) is 8.38. The maximum absolute atomic E-state index is 13.6. The molecule has 0 saturated carbocycles. The van der Waals surface area contributed by atoms with Crippen molar-refractivity contribution in [1.82, 2.24) is 0 Å². The van der Waals surface area contributed by atoms with Gasteiger partial charge in [-0.25, -0.2) is 4.39 Å².